The quantitative estimate of drug-likeness (QED) is 0.634. The van der Waals surface area contributed by atoms with Gasteiger partial charge in [0.25, 0.3) is 0 Å². The van der Waals surface area contributed by atoms with Crippen molar-refractivity contribution in [1.82, 2.24) is 10.6 Å². The van der Waals surface area contributed by atoms with Crippen molar-refractivity contribution in [2.45, 2.75) is 57.2 Å². The van der Waals surface area contributed by atoms with Crippen LogP contribution >= 0.6 is 0 Å². The van der Waals surface area contributed by atoms with E-state index in [4.69, 9.17) is 0 Å². The van der Waals surface area contributed by atoms with Crippen LogP contribution in [0, 0.1) is 6.92 Å². The molecular formula is C17H25FN2O3. The fourth-order valence-electron chi connectivity index (χ4n) is 3.01. The summed E-state index contributed by atoms with van der Waals surface area (Å²) < 4.78 is 14.2. The number of amides is 1. The molecule has 0 aromatic heterocycles. The fraction of sp³-hybridized carbons (Fsp3) is 0.588. The summed E-state index contributed by atoms with van der Waals surface area (Å²) in [6.07, 6.45) is -3.59. The number of aliphatic hydroxyl groups is 2. The number of alkyl halides is 1. The van der Waals surface area contributed by atoms with Gasteiger partial charge in [-0.3, -0.25) is 10.1 Å². The van der Waals surface area contributed by atoms with Gasteiger partial charge in [-0.15, -0.1) is 0 Å². The van der Waals surface area contributed by atoms with E-state index in [9.17, 15) is 19.4 Å². The minimum Gasteiger partial charge on any atom is -0.388 e. The van der Waals surface area contributed by atoms with Crippen molar-refractivity contribution in [1.29, 1.82) is 0 Å². The number of nitrogens with one attached hydrogen (secondary N) is 2. The van der Waals surface area contributed by atoms with Crippen LogP contribution in [0.3, 0.4) is 0 Å². The predicted octanol–water partition coefficient (Wildman–Crippen LogP) is 0.464. The number of aliphatic hydroxyl groups excluding tert-OH is 2. The van der Waals surface area contributed by atoms with Gasteiger partial charge in [-0.25, -0.2) is 4.39 Å². The van der Waals surface area contributed by atoms with Crippen LogP contribution in [0.2, 0.25) is 0 Å². The summed E-state index contributed by atoms with van der Waals surface area (Å²) in [6, 6.07) is 6.25. The maximum Gasteiger partial charge on any atom is 0.239 e. The topological polar surface area (TPSA) is 81.6 Å². The molecule has 2 rings (SSSR count). The minimum atomic E-state index is -1.84. The molecule has 1 aromatic rings. The van der Waals surface area contributed by atoms with E-state index in [1.807, 2.05) is 31.2 Å². The Morgan fingerprint density at radius 3 is 2.65 bits per heavy atom. The fourth-order valence-corrected chi connectivity index (χ4v) is 3.01. The van der Waals surface area contributed by atoms with Gasteiger partial charge in [-0.05, 0) is 37.8 Å². The normalized spacial score (nSPS) is 30.9. The van der Waals surface area contributed by atoms with E-state index in [2.05, 4.69) is 10.6 Å². The number of likely N-dealkylation sites (N-methyl/N-ethyl adjacent to an activating group) is 1. The van der Waals surface area contributed by atoms with E-state index in [1.54, 1.807) is 6.92 Å². The molecular weight excluding hydrogens is 299 g/mol. The maximum absolute atomic E-state index is 14.2. The monoisotopic (exact) mass is 324 g/mol. The first-order valence-corrected chi connectivity index (χ1v) is 8.04. The third-order valence-electron chi connectivity index (χ3n) is 4.42. The lowest BCUT2D eigenvalue weighted by Crippen LogP contribution is -2.67. The molecule has 0 spiro atoms. The van der Waals surface area contributed by atoms with Crippen molar-refractivity contribution >= 4 is 5.91 Å². The van der Waals surface area contributed by atoms with Crippen LogP contribution in [-0.4, -0.2) is 53.1 Å². The molecule has 0 bridgehead atoms. The Kier molecular flexibility index (Phi) is 6.10. The third-order valence-corrected chi connectivity index (χ3v) is 4.42. The second-order valence-corrected chi connectivity index (χ2v) is 6.04. The molecule has 1 heterocycles. The minimum absolute atomic E-state index is 0.400. The molecule has 0 aliphatic carbocycles. The number of piperidine rings is 1. The molecule has 0 unspecified atom stereocenters. The number of aryl methyl sites for hydroxylation is 2. The molecule has 1 aliphatic rings. The highest BCUT2D eigenvalue weighted by Crippen LogP contribution is 2.22. The molecule has 1 aromatic carbocycles. The number of benzene rings is 1. The summed E-state index contributed by atoms with van der Waals surface area (Å²) in [4.78, 5) is 12.0. The van der Waals surface area contributed by atoms with Crippen LogP contribution in [-0.2, 0) is 11.2 Å². The molecule has 5 nitrogen and oxygen atoms in total. The van der Waals surface area contributed by atoms with Crippen LogP contribution in [0.5, 0.6) is 0 Å². The first-order valence-electron chi connectivity index (χ1n) is 8.04. The highest BCUT2D eigenvalue weighted by atomic mass is 19.1. The molecule has 1 saturated heterocycles. The molecule has 23 heavy (non-hydrogen) atoms. The van der Waals surface area contributed by atoms with E-state index >= 15 is 0 Å². The van der Waals surface area contributed by atoms with Crippen molar-refractivity contribution in [3.05, 3.63) is 35.4 Å². The highest BCUT2D eigenvalue weighted by molar-refractivity contribution is 5.82. The second kappa shape index (κ2) is 7.86. The largest absolute Gasteiger partial charge is 0.388 e. The average molecular weight is 324 g/mol. The van der Waals surface area contributed by atoms with Crippen molar-refractivity contribution < 1.29 is 19.4 Å². The first-order chi connectivity index (χ1) is 11.0. The van der Waals surface area contributed by atoms with Gasteiger partial charge in [-0.2, -0.15) is 0 Å². The Labute approximate surface area is 135 Å². The number of halogens is 1. The van der Waals surface area contributed by atoms with E-state index in [1.165, 1.54) is 0 Å². The molecule has 6 heteroatoms. The molecule has 128 valence electrons. The molecule has 0 radical (unpaired) electrons. The van der Waals surface area contributed by atoms with Crippen molar-refractivity contribution in [2.75, 3.05) is 6.54 Å². The lowest BCUT2D eigenvalue weighted by molar-refractivity contribution is -0.135. The van der Waals surface area contributed by atoms with Gasteiger partial charge >= 0.3 is 0 Å². The smallest absolute Gasteiger partial charge is 0.239 e. The Morgan fingerprint density at radius 2 is 2.00 bits per heavy atom. The Bertz CT molecular complexity index is 540. The van der Waals surface area contributed by atoms with E-state index in [-0.39, 0.29) is 0 Å². The number of rotatable bonds is 5. The molecule has 1 aliphatic heterocycles. The zero-order valence-corrected chi connectivity index (χ0v) is 13.5. The summed E-state index contributed by atoms with van der Waals surface area (Å²) in [5.74, 6) is -0.449. The third kappa shape index (κ3) is 4.07. The lowest BCUT2D eigenvalue weighted by atomic mass is 9.87. The zero-order chi connectivity index (χ0) is 17.0. The van der Waals surface area contributed by atoms with Gasteiger partial charge < -0.3 is 15.5 Å². The molecule has 4 N–H and O–H groups in total. The first kappa shape index (κ1) is 17.8. The standard InChI is InChI=1S/C17H25FN2O3/c1-3-19-17(23)14-16(22)13(18)15(21)12(20-14)9-8-11-7-5-4-6-10(11)2/h4-7,12-16,20-22H,3,8-9H2,1-2H3,(H,19,23)/t12-,13-,14+,15+,16-/m1/s1. The summed E-state index contributed by atoms with van der Waals surface area (Å²) in [5, 5.41) is 25.4. The van der Waals surface area contributed by atoms with E-state index in [0.717, 1.165) is 11.1 Å². The van der Waals surface area contributed by atoms with Gasteiger partial charge in [0.15, 0.2) is 6.17 Å². The van der Waals surface area contributed by atoms with Crippen LogP contribution in [0.1, 0.15) is 24.5 Å². The number of carbonyl (C=O) groups excluding carboxylic acids is 1. The van der Waals surface area contributed by atoms with Crippen molar-refractivity contribution in [3.63, 3.8) is 0 Å². The van der Waals surface area contributed by atoms with Crippen LogP contribution in [0.25, 0.3) is 0 Å². The maximum atomic E-state index is 14.2. The second-order valence-electron chi connectivity index (χ2n) is 6.04. The highest BCUT2D eigenvalue weighted by Gasteiger charge is 2.45. The predicted molar refractivity (Wildman–Crippen MR) is 85.8 cm³/mol. The zero-order valence-electron chi connectivity index (χ0n) is 13.5. The van der Waals surface area contributed by atoms with Crippen molar-refractivity contribution in [3.8, 4) is 0 Å². The Hall–Kier alpha value is -1.50. The summed E-state index contributed by atoms with van der Waals surface area (Å²) in [5.41, 5.74) is 2.26. The van der Waals surface area contributed by atoms with Gasteiger partial charge in [0.2, 0.25) is 5.91 Å². The number of hydrogen-bond donors (Lipinski definition) is 4. The summed E-state index contributed by atoms with van der Waals surface area (Å²) >= 11 is 0. The van der Waals surface area contributed by atoms with Gasteiger partial charge in [0.05, 0.1) is 0 Å². The Morgan fingerprint density at radius 1 is 1.30 bits per heavy atom. The average Bonchev–Trinajstić information content (AvgIpc) is 2.53. The lowest BCUT2D eigenvalue weighted by Gasteiger charge is -2.40. The summed E-state index contributed by atoms with van der Waals surface area (Å²) in [7, 11) is 0. The van der Waals surface area contributed by atoms with E-state index < -0.39 is 36.4 Å². The van der Waals surface area contributed by atoms with Gasteiger partial charge in [-0.1, -0.05) is 24.3 Å². The van der Waals surface area contributed by atoms with Gasteiger partial charge in [0.1, 0.15) is 18.2 Å². The number of hydrogen-bond acceptors (Lipinski definition) is 4. The molecule has 1 fully saturated rings. The Balaban J connectivity index is 2.05. The van der Waals surface area contributed by atoms with Crippen LogP contribution < -0.4 is 10.6 Å². The van der Waals surface area contributed by atoms with Crippen LogP contribution in [0.15, 0.2) is 24.3 Å². The molecule has 1 amide bonds. The SMILES string of the molecule is CCNC(=O)[C@H]1N[C@H](CCc2ccccc2C)[C@H](O)[C@@H](F)[C@H]1O. The van der Waals surface area contributed by atoms with Crippen molar-refractivity contribution in [2.24, 2.45) is 0 Å². The van der Waals surface area contributed by atoms with Gasteiger partial charge in [0, 0.05) is 12.6 Å². The summed E-state index contributed by atoms with van der Waals surface area (Å²) in [6.45, 7) is 4.15. The van der Waals surface area contributed by atoms with E-state index in [0.29, 0.717) is 19.4 Å². The van der Waals surface area contributed by atoms with Crippen LogP contribution in [0.4, 0.5) is 4.39 Å². The molecule has 5 atom stereocenters. The molecule has 0 saturated carbocycles. The number of carbonyl (C=O) groups is 1.